The molecule has 4 heteroatoms. The number of hydrogen-bond donors (Lipinski definition) is 1. The zero-order valence-electron chi connectivity index (χ0n) is 11.2. The number of rotatable bonds is 5. The minimum atomic E-state index is -0.0850. The standard InChI is InChI=1S/C16H16ClNOS/c1-12-4-5-13(11-15(12)17)6-7-16(19)18-9-8-14-3-2-10-20-14/h2-7,10-11H,8-9H2,1H3,(H,18,19)/b7-6+. The Bertz CT molecular complexity index is 605. The highest BCUT2D eigenvalue weighted by atomic mass is 35.5. The van der Waals surface area contributed by atoms with Crippen molar-refractivity contribution in [2.45, 2.75) is 13.3 Å². The van der Waals surface area contributed by atoms with Crippen LogP contribution in [0, 0.1) is 6.92 Å². The van der Waals surface area contributed by atoms with Gasteiger partial charge in [0.1, 0.15) is 0 Å². The zero-order valence-corrected chi connectivity index (χ0v) is 12.8. The lowest BCUT2D eigenvalue weighted by atomic mass is 10.1. The van der Waals surface area contributed by atoms with Gasteiger partial charge in [-0.2, -0.15) is 0 Å². The number of thiophene rings is 1. The molecule has 2 rings (SSSR count). The summed E-state index contributed by atoms with van der Waals surface area (Å²) in [7, 11) is 0. The van der Waals surface area contributed by atoms with E-state index < -0.39 is 0 Å². The molecule has 2 aromatic rings. The van der Waals surface area contributed by atoms with Gasteiger partial charge >= 0.3 is 0 Å². The van der Waals surface area contributed by atoms with Crippen molar-refractivity contribution < 1.29 is 4.79 Å². The van der Waals surface area contributed by atoms with Crippen molar-refractivity contribution in [2.24, 2.45) is 0 Å². The fourth-order valence-corrected chi connectivity index (χ4v) is 2.61. The van der Waals surface area contributed by atoms with E-state index in [0.29, 0.717) is 11.6 Å². The molecule has 20 heavy (non-hydrogen) atoms. The van der Waals surface area contributed by atoms with Crippen LogP contribution in [0.15, 0.2) is 41.8 Å². The van der Waals surface area contributed by atoms with Gasteiger partial charge in [-0.15, -0.1) is 11.3 Å². The minimum absolute atomic E-state index is 0.0850. The summed E-state index contributed by atoms with van der Waals surface area (Å²) in [5, 5.41) is 5.62. The van der Waals surface area contributed by atoms with E-state index in [1.165, 1.54) is 11.0 Å². The largest absolute Gasteiger partial charge is 0.352 e. The van der Waals surface area contributed by atoms with Crippen LogP contribution in [-0.2, 0) is 11.2 Å². The van der Waals surface area contributed by atoms with Crippen LogP contribution in [0.1, 0.15) is 16.0 Å². The first-order valence-corrected chi connectivity index (χ1v) is 7.65. The van der Waals surface area contributed by atoms with Crippen LogP contribution in [0.2, 0.25) is 5.02 Å². The second-order valence-electron chi connectivity index (χ2n) is 4.46. The molecule has 0 radical (unpaired) electrons. The monoisotopic (exact) mass is 305 g/mol. The van der Waals surface area contributed by atoms with Crippen LogP contribution in [-0.4, -0.2) is 12.5 Å². The van der Waals surface area contributed by atoms with Crippen molar-refractivity contribution in [2.75, 3.05) is 6.54 Å². The molecule has 104 valence electrons. The third kappa shape index (κ3) is 4.51. The number of halogens is 1. The molecule has 0 bridgehead atoms. The van der Waals surface area contributed by atoms with Gasteiger partial charge in [0.15, 0.2) is 0 Å². The molecule has 1 aromatic carbocycles. The van der Waals surface area contributed by atoms with Gasteiger partial charge in [0.2, 0.25) is 5.91 Å². The second kappa shape index (κ2) is 7.27. The van der Waals surface area contributed by atoms with E-state index in [1.54, 1.807) is 17.4 Å². The lowest BCUT2D eigenvalue weighted by Gasteiger charge is -2.01. The molecule has 1 aromatic heterocycles. The molecule has 0 atom stereocenters. The Labute approximate surface area is 128 Å². The molecule has 0 saturated carbocycles. The summed E-state index contributed by atoms with van der Waals surface area (Å²) in [4.78, 5) is 12.9. The highest BCUT2D eigenvalue weighted by Gasteiger charge is 1.98. The average molecular weight is 306 g/mol. The molecular weight excluding hydrogens is 290 g/mol. The molecule has 0 spiro atoms. The number of carbonyl (C=O) groups is 1. The van der Waals surface area contributed by atoms with Gasteiger partial charge in [-0.05, 0) is 48.1 Å². The summed E-state index contributed by atoms with van der Waals surface area (Å²) in [6.45, 7) is 2.60. The Kier molecular flexibility index (Phi) is 5.39. The molecule has 0 unspecified atom stereocenters. The van der Waals surface area contributed by atoms with Gasteiger partial charge in [0.05, 0.1) is 0 Å². The van der Waals surface area contributed by atoms with Crippen LogP contribution < -0.4 is 5.32 Å². The average Bonchev–Trinajstić information content (AvgIpc) is 2.93. The van der Waals surface area contributed by atoms with Crippen LogP contribution >= 0.6 is 22.9 Å². The van der Waals surface area contributed by atoms with Crippen LogP contribution in [0.25, 0.3) is 6.08 Å². The number of amides is 1. The van der Waals surface area contributed by atoms with E-state index in [0.717, 1.165) is 17.5 Å². The van der Waals surface area contributed by atoms with Crippen LogP contribution in [0.4, 0.5) is 0 Å². The van der Waals surface area contributed by atoms with Crippen LogP contribution in [0.3, 0.4) is 0 Å². The van der Waals surface area contributed by atoms with Crippen molar-refractivity contribution in [1.29, 1.82) is 0 Å². The van der Waals surface area contributed by atoms with Gasteiger partial charge in [-0.3, -0.25) is 4.79 Å². The Morgan fingerprint density at radius 1 is 1.40 bits per heavy atom. The van der Waals surface area contributed by atoms with Gasteiger partial charge in [0.25, 0.3) is 0 Å². The highest BCUT2D eigenvalue weighted by Crippen LogP contribution is 2.17. The first-order chi connectivity index (χ1) is 9.65. The normalized spacial score (nSPS) is 10.9. The van der Waals surface area contributed by atoms with Crippen molar-refractivity contribution in [3.8, 4) is 0 Å². The lowest BCUT2D eigenvalue weighted by molar-refractivity contribution is -0.116. The molecular formula is C16H16ClNOS. The molecule has 0 fully saturated rings. The molecule has 2 nitrogen and oxygen atoms in total. The third-order valence-electron chi connectivity index (χ3n) is 2.87. The number of hydrogen-bond acceptors (Lipinski definition) is 2. The van der Waals surface area contributed by atoms with Gasteiger partial charge in [0, 0.05) is 22.5 Å². The van der Waals surface area contributed by atoms with Gasteiger partial charge in [-0.25, -0.2) is 0 Å². The van der Waals surface area contributed by atoms with Crippen LogP contribution in [0.5, 0.6) is 0 Å². The van der Waals surface area contributed by atoms with E-state index in [4.69, 9.17) is 11.6 Å². The van der Waals surface area contributed by atoms with Crippen molar-refractivity contribution in [3.05, 3.63) is 62.8 Å². The van der Waals surface area contributed by atoms with E-state index >= 15 is 0 Å². The smallest absolute Gasteiger partial charge is 0.244 e. The molecule has 0 aliphatic rings. The summed E-state index contributed by atoms with van der Waals surface area (Å²) in [5.41, 5.74) is 1.96. The molecule has 1 N–H and O–H groups in total. The summed E-state index contributed by atoms with van der Waals surface area (Å²) >= 11 is 7.74. The first-order valence-electron chi connectivity index (χ1n) is 6.39. The maximum absolute atomic E-state index is 11.7. The number of benzene rings is 1. The number of carbonyl (C=O) groups excluding carboxylic acids is 1. The minimum Gasteiger partial charge on any atom is -0.352 e. The lowest BCUT2D eigenvalue weighted by Crippen LogP contribution is -2.23. The Balaban J connectivity index is 1.81. The summed E-state index contributed by atoms with van der Waals surface area (Å²) in [6.07, 6.45) is 4.18. The molecule has 1 heterocycles. The Morgan fingerprint density at radius 2 is 2.25 bits per heavy atom. The predicted molar refractivity (Wildman–Crippen MR) is 86.3 cm³/mol. The SMILES string of the molecule is Cc1ccc(/C=C/C(=O)NCCc2cccs2)cc1Cl. The molecule has 1 amide bonds. The quantitative estimate of drug-likeness (QED) is 0.829. The summed E-state index contributed by atoms with van der Waals surface area (Å²) < 4.78 is 0. The topological polar surface area (TPSA) is 29.1 Å². The third-order valence-corrected chi connectivity index (χ3v) is 4.22. The predicted octanol–water partition coefficient (Wildman–Crippen LogP) is 4.08. The highest BCUT2D eigenvalue weighted by molar-refractivity contribution is 7.09. The summed E-state index contributed by atoms with van der Waals surface area (Å²) in [5.74, 6) is -0.0850. The van der Waals surface area contributed by atoms with Crippen molar-refractivity contribution >= 4 is 34.9 Å². The number of aryl methyl sites for hydroxylation is 1. The second-order valence-corrected chi connectivity index (χ2v) is 5.90. The summed E-state index contributed by atoms with van der Waals surface area (Å²) in [6, 6.07) is 9.82. The molecule has 0 aliphatic carbocycles. The Hall–Kier alpha value is -1.58. The van der Waals surface area contributed by atoms with Gasteiger partial charge in [-0.1, -0.05) is 29.8 Å². The van der Waals surface area contributed by atoms with Crippen molar-refractivity contribution in [3.63, 3.8) is 0 Å². The molecule has 0 saturated heterocycles. The fourth-order valence-electron chi connectivity index (χ4n) is 1.71. The maximum Gasteiger partial charge on any atom is 0.244 e. The molecule has 0 aliphatic heterocycles. The van der Waals surface area contributed by atoms with E-state index in [2.05, 4.69) is 11.4 Å². The van der Waals surface area contributed by atoms with Crippen molar-refractivity contribution in [1.82, 2.24) is 5.32 Å². The Morgan fingerprint density at radius 3 is 2.95 bits per heavy atom. The van der Waals surface area contributed by atoms with E-state index in [-0.39, 0.29) is 5.91 Å². The first kappa shape index (κ1) is 14.8. The maximum atomic E-state index is 11.7. The van der Waals surface area contributed by atoms with E-state index in [9.17, 15) is 4.79 Å². The fraction of sp³-hybridized carbons (Fsp3) is 0.188. The number of nitrogens with one attached hydrogen (secondary N) is 1. The zero-order chi connectivity index (χ0) is 14.4. The van der Waals surface area contributed by atoms with Gasteiger partial charge < -0.3 is 5.32 Å². The van der Waals surface area contributed by atoms with E-state index in [1.807, 2.05) is 36.6 Å².